The van der Waals surface area contributed by atoms with Gasteiger partial charge in [-0.25, -0.2) is 4.79 Å². The zero-order valence-corrected chi connectivity index (χ0v) is 22.1. The van der Waals surface area contributed by atoms with Crippen molar-refractivity contribution in [1.82, 2.24) is 9.80 Å². The summed E-state index contributed by atoms with van der Waals surface area (Å²) in [5.41, 5.74) is 1.57. The molecule has 0 N–H and O–H groups in total. The van der Waals surface area contributed by atoms with Gasteiger partial charge in [-0.2, -0.15) is 13.2 Å². The fourth-order valence-corrected chi connectivity index (χ4v) is 5.88. The second-order valence-electron chi connectivity index (χ2n) is 10.1. The maximum atomic E-state index is 13.9. The van der Waals surface area contributed by atoms with Crippen LogP contribution in [0, 0.1) is 5.92 Å². The summed E-state index contributed by atoms with van der Waals surface area (Å²) >= 11 is 0. The summed E-state index contributed by atoms with van der Waals surface area (Å²) in [6.45, 7) is 5.23. The van der Waals surface area contributed by atoms with Gasteiger partial charge in [0.2, 0.25) is 5.91 Å². The van der Waals surface area contributed by atoms with Gasteiger partial charge in [0.15, 0.2) is 0 Å². The molecule has 2 aromatic rings. The number of benzene rings is 2. The third-order valence-corrected chi connectivity index (χ3v) is 7.89. The number of fused-ring (bicyclic) bond motifs is 3. The molecule has 5 rings (SSSR count). The van der Waals surface area contributed by atoms with Gasteiger partial charge in [0, 0.05) is 63.3 Å². The summed E-state index contributed by atoms with van der Waals surface area (Å²) in [6.07, 6.45) is -4.63. The van der Waals surface area contributed by atoms with Crippen LogP contribution < -0.4 is 14.5 Å². The van der Waals surface area contributed by atoms with E-state index in [0.29, 0.717) is 51.4 Å². The van der Waals surface area contributed by atoms with Crippen LogP contribution in [0.3, 0.4) is 0 Å². The van der Waals surface area contributed by atoms with Crippen molar-refractivity contribution in [3.63, 3.8) is 0 Å². The van der Waals surface area contributed by atoms with Crippen LogP contribution in [-0.4, -0.2) is 87.4 Å². The summed E-state index contributed by atoms with van der Waals surface area (Å²) < 4.78 is 51.1. The normalized spacial score (nSPS) is 21.3. The van der Waals surface area contributed by atoms with Gasteiger partial charge in [-0.1, -0.05) is 6.07 Å². The van der Waals surface area contributed by atoms with E-state index in [-0.39, 0.29) is 25.0 Å². The summed E-state index contributed by atoms with van der Waals surface area (Å²) in [6, 6.07) is 11.4. The summed E-state index contributed by atoms with van der Waals surface area (Å²) in [4.78, 5) is 33.7. The monoisotopic (exact) mass is 546 g/mol. The Labute approximate surface area is 225 Å². The minimum absolute atomic E-state index is 0.0935. The molecule has 0 aliphatic carbocycles. The minimum Gasteiger partial charge on any atom is -0.497 e. The summed E-state index contributed by atoms with van der Waals surface area (Å²) in [5.74, 6) is 0.114. The van der Waals surface area contributed by atoms with Gasteiger partial charge in [0.1, 0.15) is 5.75 Å². The number of ether oxygens (including phenoxy) is 2. The van der Waals surface area contributed by atoms with Crippen LogP contribution in [0.5, 0.6) is 5.75 Å². The molecule has 3 aliphatic rings. The van der Waals surface area contributed by atoms with Crippen molar-refractivity contribution in [2.24, 2.45) is 5.92 Å². The molecule has 8 nitrogen and oxygen atoms in total. The van der Waals surface area contributed by atoms with Crippen molar-refractivity contribution >= 4 is 23.4 Å². The van der Waals surface area contributed by atoms with Crippen LogP contribution in [0.15, 0.2) is 42.5 Å². The Hall–Kier alpha value is -3.63. The van der Waals surface area contributed by atoms with E-state index < -0.39 is 23.8 Å². The van der Waals surface area contributed by atoms with Gasteiger partial charge in [-0.3, -0.25) is 4.79 Å². The number of carbonyl (C=O) groups excluding carboxylic acids is 2. The van der Waals surface area contributed by atoms with E-state index in [1.807, 2.05) is 24.3 Å². The molecule has 2 aromatic carbocycles. The topological polar surface area (TPSA) is 65.6 Å². The number of hydrogen-bond acceptors (Lipinski definition) is 6. The second-order valence-corrected chi connectivity index (χ2v) is 10.1. The Morgan fingerprint density at radius 2 is 1.72 bits per heavy atom. The number of alkyl halides is 3. The first kappa shape index (κ1) is 27.0. The highest BCUT2D eigenvalue weighted by Gasteiger charge is 2.44. The molecule has 39 heavy (non-hydrogen) atoms. The van der Waals surface area contributed by atoms with Crippen LogP contribution in [-0.2, 0) is 22.1 Å². The highest BCUT2D eigenvalue weighted by atomic mass is 19.4. The number of piperazine rings is 2. The molecule has 210 valence electrons. The molecular formula is C28H33F3N4O4. The predicted octanol–water partition coefficient (Wildman–Crippen LogP) is 3.88. The molecule has 2 amide bonds. The van der Waals surface area contributed by atoms with Gasteiger partial charge < -0.3 is 29.1 Å². The summed E-state index contributed by atoms with van der Waals surface area (Å²) in [5, 5.41) is 0. The van der Waals surface area contributed by atoms with Crippen molar-refractivity contribution in [2.45, 2.75) is 25.6 Å². The van der Waals surface area contributed by atoms with Gasteiger partial charge in [-0.15, -0.1) is 0 Å². The first-order valence-corrected chi connectivity index (χ1v) is 13.3. The number of nitrogens with zero attached hydrogens (tertiary/aromatic N) is 4. The number of rotatable bonds is 4. The molecule has 0 unspecified atom stereocenters. The Morgan fingerprint density at radius 1 is 0.974 bits per heavy atom. The zero-order chi connectivity index (χ0) is 27.7. The Kier molecular flexibility index (Phi) is 7.51. The molecule has 2 atom stereocenters. The molecule has 0 bridgehead atoms. The largest absolute Gasteiger partial charge is 0.497 e. The van der Waals surface area contributed by atoms with E-state index in [1.54, 1.807) is 29.9 Å². The zero-order valence-electron chi connectivity index (χ0n) is 22.1. The van der Waals surface area contributed by atoms with Crippen LogP contribution >= 0.6 is 0 Å². The molecule has 2 saturated heterocycles. The molecule has 2 fully saturated rings. The fraction of sp³-hybridized carbons (Fsp3) is 0.500. The van der Waals surface area contributed by atoms with E-state index >= 15 is 0 Å². The van der Waals surface area contributed by atoms with E-state index in [9.17, 15) is 22.8 Å². The molecule has 11 heteroatoms. The van der Waals surface area contributed by atoms with Gasteiger partial charge >= 0.3 is 12.3 Å². The SMILES string of the molecule is CCOC(=O)N1CCN(C(=O)[C@H]2Cc3cc(C(F)(F)F)ccc3N3CCN(c4cccc(OC)c4)C[C@H]23)CC1. The first-order chi connectivity index (χ1) is 18.7. The lowest BCUT2D eigenvalue weighted by atomic mass is 9.82. The maximum Gasteiger partial charge on any atom is 0.416 e. The third kappa shape index (κ3) is 5.44. The first-order valence-electron chi connectivity index (χ1n) is 13.3. The lowest BCUT2D eigenvalue weighted by Gasteiger charge is -2.50. The van der Waals surface area contributed by atoms with Crippen LogP contribution in [0.4, 0.5) is 29.3 Å². The quantitative estimate of drug-likeness (QED) is 0.580. The Balaban J connectivity index is 1.42. The summed E-state index contributed by atoms with van der Waals surface area (Å²) in [7, 11) is 1.61. The molecule has 0 spiro atoms. The van der Waals surface area contributed by atoms with Gasteiger partial charge in [-0.05, 0) is 49.2 Å². The van der Waals surface area contributed by atoms with E-state index in [0.717, 1.165) is 23.2 Å². The number of methoxy groups -OCH3 is 1. The van der Waals surface area contributed by atoms with Gasteiger partial charge in [0.25, 0.3) is 0 Å². The highest BCUT2D eigenvalue weighted by Crippen LogP contribution is 2.41. The lowest BCUT2D eigenvalue weighted by Crippen LogP contribution is -2.62. The number of carbonyl (C=O) groups is 2. The van der Waals surface area contributed by atoms with Crippen LogP contribution in [0.25, 0.3) is 0 Å². The lowest BCUT2D eigenvalue weighted by molar-refractivity contribution is -0.138. The van der Waals surface area contributed by atoms with Crippen molar-refractivity contribution < 1.29 is 32.2 Å². The minimum atomic E-state index is -4.46. The van der Waals surface area contributed by atoms with Gasteiger partial charge in [0.05, 0.1) is 31.2 Å². The van der Waals surface area contributed by atoms with Crippen molar-refractivity contribution in [1.29, 1.82) is 0 Å². The number of anilines is 2. The average molecular weight is 547 g/mol. The predicted molar refractivity (Wildman–Crippen MR) is 140 cm³/mol. The fourth-order valence-electron chi connectivity index (χ4n) is 5.88. The Morgan fingerprint density at radius 3 is 2.41 bits per heavy atom. The number of hydrogen-bond donors (Lipinski definition) is 0. The number of amides is 2. The number of halogens is 3. The molecular weight excluding hydrogens is 513 g/mol. The maximum absolute atomic E-state index is 13.9. The third-order valence-electron chi connectivity index (χ3n) is 7.89. The molecule has 0 aromatic heterocycles. The van der Waals surface area contributed by atoms with Crippen molar-refractivity contribution in [3.8, 4) is 5.75 Å². The second kappa shape index (κ2) is 10.9. The average Bonchev–Trinajstić information content (AvgIpc) is 2.95. The molecule has 0 radical (unpaired) electrons. The van der Waals surface area contributed by atoms with Crippen LogP contribution in [0.1, 0.15) is 18.1 Å². The molecule has 3 aliphatic heterocycles. The highest BCUT2D eigenvalue weighted by molar-refractivity contribution is 5.83. The van der Waals surface area contributed by atoms with E-state index in [1.165, 1.54) is 6.07 Å². The molecule has 0 saturated carbocycles. The van der Waals surface area contributed by atoms with Crippen LogP contribution in [0.2, 0.25) is 0 Å². The van der Waals surface area contributed by atoms with E-state index in [4.69, 9.17) is 9.47 Å². The Bertz CT molecular complexity index is 1220. The smallest absolute Gasteiger partial charge is 0.416 e. The molecule has 3 heterocycles. The van der Waals surface area contributed by atoms with Crippen molar-refractivity contribution in [2.75, 3.05) is 69.3 Å². The standard InChI is InChI=1S/C28H33F3N4O4/c1-3-39-27(37)33-11-9-32(10-12-33)26(36)23-16-19-15-20(28(29,30)31)7-8-24(19)35-14-13-34(18-25(23)35)21-5-4-6-22(17-21)38-2/h4-8,15,17,23,25H,3,9-14,16,18H2,1-2H3/t23-,25+/m0/s1. The van der Waals surface area contributed by atoms with E-state index in [2.05, 4.69) is 9.80 Å². The van der Waals surface area contributed by atoms with Crippen molar-refractivity contribution in [3.05, 3.63) is 53.6 Å².